The summed E-state index contributed by atoms with van der Waals surface area (Å²) in [4.78, 5) is 14.8. The zero-order chi connectivity index (χ0) is 19.7. The van der Waals surface area contributed by atoms with Crippen LogP contribution in [0.4, 0.5) is 5.69 Å². The molecule has 0 aliphatic rings. The number of nitrogens with one attached hydrogen (secondary N) is 1. The number of aryl methyl sites for hydroxylation is 2. The summed E-state index contributed by atoms with van der Waals surface area (Å²) in [6.07, 6.45) is 0. The topological polar surface area (TPSA) is 87.0 Å². The van der Waals surface area contributed by atoms with E-state index in [9.17, 15) is 9.90 Å². The highest BCUT2D eigenvalue weighted by Crippen LogP contribution is 2.40. The van der Waals surface area contributed by atoms with Crippen molar-refractivity contribution in [2.45, 2.75) is 13.8 Å². The van der Waals surface area contributed by atoms with Crippen LogP contribution in [0.15, 0.2) is 43.4 Å². The molecule has 0 saturated heterocycles. The summed E-state index contributed by atoms with van der Waals surface area (Å²) < 4.78 is 7.00. The fraction of sp³-hybridized carbons (Fsp3) is 0.167. The maximum Gasteiger partial charge on any atom is 0.302 e. The number of nitrogens with zero attached hydrogens (tertiary/aromatic N) is 2. The second-order valence-corrected chi connectivity index (χ2v) is 8.03. The first-order valence-electron chi connectivity index (χ1n) is 7.80. The molecule has 2 aromatic carbocycles. The van der Waals surface area contributed by atoms with Gasteiger partial charge in [-0.1, -0.05) is 27.5 Å². The quantitative estimate of drug-likeness (QED) is 0.397. The van der Waals surface area contributed by atoms with E-state index in [4.69, 9.17) is 16.3 Å². The number of carbonyl (C=O) groups excluding carboxylic acids is 1. The van der Waals surface area contributed by atoms with Gasteiger partial charge in [-0.05, 0) is 65.2 Å². The Bertz CT molecular complexity index is 1060. The number of hydrogen-bond acceptors (Lipinski definition) is 4. The van der Waals surface area contributed by atoms with Gasteiger partial charge in [0.25, 0.3) is 0 Å². The number of hydrogen-bond donors (Lipinski definition) is 2. The molecule has 1 amide bonds. The van der Waals surface area contributed by atoms with Crippen molar-refractivity contribution in [1.82, 2.24) is 4.98 Å². The third-order valence-corrected chi connectivity index (χ3v) is 5.49. The Morgan fingerprint density at radius 3 is 2.56 bits per heavy atom. The van der Waals surface area contributed by atoms with Crippen LogP contribution in [-0.4, -0.2) is 22.6 Å². The van der Waals surface area contributed by atoms with Crippen LogP contribution in [0.5, 0.6) is 11.6 Å². The van der Waals surface area contributed by atoms with Gasteiger partial charge in [-0.15, -0.1) is 10.2 Å². The van der Waals surface area contributed by atoms with Crippen molar-refractivity contribution in [3.63, 3.8) is 0 Å². The third kappa shape index (κ3) is 4.34. The smallest absolute Gasteiger partial charge is 0.302 e. The van der Waals surface area contributed by atoms with Crippen LogP contribution in [0.3, 0.4) is 0 Å². The Kier molecular flexibility index (Phi) is 5.88. The van der Waals surface area contributed by atoms with Gasteiger partial charge in [0.1, 0.15) is 5.75 Å². The van der Waals surface area contributed by atoms with Gasteiger partial charge in [0, 0.05) is 19.4 Å². The van der Waals surface area contributed by atoms with E-state index in [-0.39, 0.29) is 18.2 Å². The molecule has 0 saturated carbocycles. The molecule has 0 fully saturated rings. The van der Waals surface area contributed by atoms with E-state index in [0.29, 0.717) is 21.7 Å². The van der Waals surface area contributed by atoms with E-state index in [1.165, 1.54) is 0 Å². The van der Waals surface area contributed by atoms with E-state index < -0.39 is 5.91 Å². The minimum Gasteiger partial charge on any atom is -0.493 e. The second-order valence-electron chi connectivity index (χ2n) is 5.89. The van der Waals surface area contributed by atoms with E-state index in [1.807, 2.05) is 19.9 Å². The molecule has 3 aromatic rings. The molecule has 9 heteroatoms. The van der Waals surface area contributed by atoms with Crippen molar-refractivity contribution in [3.05, 3.63) is 49.4 Å². The lowest BCUT2D eigenvalue weighted by atomic mass is 10.1. The van der Waals surface area contributed by atoms with E-state index in [0.717, 1.165) is 20.1 Å². The SMILES string of the molecule is Cc1cc(OCC(=O)N=Nc2c(O)[nH]c3c(Br)cc(Br)cc23)cc(C)c1Cl. The number of ether oxygens (including phenoxy) is 1. The second kappa shape index (κ2) is 8.00. The Morgan fingerprint density at radius 2 is 1.89 bits per heavy atom. The number of azo groups is 1. The summed E-state index contributed by atoms with van der Waals surface area (Å²) in [5, 5.41) is 18.9. The lowest BCUT2D eigenvalue weighted by molar-refractivity contribution is -0.120. The van der Waals surface area contributed by atoms with Crippen LogP contribution in [-0.2, 0) is 4.79 Å². The Hall–Kier alpha value is -1.90. The molecular weight excluding hydrogens is 501 g/mol. The minimum atomic E-state index is -0.580. The highest BCUT2D eigenvalue weighted by molar-refractivity contribution is 9.11. The summed E-state index contributed by atoms with van der Waals surface area (Å²) >= 11 is 12.9. The van der Waals surface area contributed by atoms with E-state index in [1.54, 1.807) is 18.2 Å². The van der Waals surface area contributed by atoms with Crippen LogP contribution in [0.2, 0.25) is 5.02 Å². The fourth-order valence-electron chi connectivity index (χ4n) is 2.56. The largest absolute Gasteiger partial charge is 0.493 e. The number of halogens is 3. The van der Waals surface area contributed by atoms with Gasteiger partial charge in [0.15, 0.2) is 12.3 Å². The maximum absolute atomic E-state index is 12.0. The minimum absolute atomic E-state index is 0.176. The number of amides is 1. The molecule has 140 valence electrons. The summed E-state index contributed by atoms with van der Waals surface area (Å²) in [5.74, 6) is -0.228. The summed E-state index contributed by atoms with van der Waals surface area (Å²) in [6, 6.07) is 7.10. The van der Waals surface area contributed by atoms with Crippen molar-refractivity contribution >= 4 is 66.0 Å². The monoisotopic (exact) mass is 513 g/mol. The Morgan fingerprint density at radius 1 is 1.22 bits per heavy atom. The zero-order valence-corrected chi connectivity index (χ0v) is 18.2. The van der Waals surface area contributed by atoms with Gasteiger partial charge in [0.05, 0.1) is 5.52 Å². The number of fused-ring (bicyclic) bond motifs is 1. The standard InChI is InChI=1S/C18H14Br2ClN3O3/c1-8-3-11(4-9(2)15(8)21)27-7-14(25)23-24-17-12-5-10(19)6-13(20)16(12)22-18(17)26/h3-6,22,26H,7H2,1-2H3. The molecule has 1 heterocycles. The molecule has 0 spiro atoms. The molecule has 0 aliphatic heterocycles. The number of aromatic hydroxyl groups is 1. The van der Waals surface area contributed by atoms with Crippen LogP contribution < -0.4 is 4.74 Å². The van der Waals surface area contributed by atoms with E-state index >= 15 is 0 Å². The van der Waals surface area contributed by atoms with Crippen molar-refractivity contribution in [2.24, 2.45) is 10.2 Å². The molecule has 3 rings (SSSR count). The molecule has 27 heavy (non-hydrogen) atoms. The molecule has 0 aliphatic carbocycles. The first-order valence-corrected chi connectivity index (χ1v) is 9.76. The Labute approximate surface area is 176 Å². The van der Waals surface area contributed by atoms with Gasteiger partial charge in [-0.25, -0.2) is 0 Å². The molecule has 2 N–H and O–H groups in total. The lowest BCUT2D eigenvalue weighted by Crippen LogP contribution is -2.08. The number of aromatic amines is 1. The van der Waals surface area contributed by atoms with Gasteiger partial charge in [0.2, 0.25) is 5.88 Å². The summed E-state index contributed by atoms with van der Waals surface area (Å²) in [7, 11) is 0. The molecule has 0 atom stereocenters. The number of H-pyrrole nitrogens is 1. The van der Waals surface area contributed by atoms with Gasteiger partial charge >= 0.3 is 5.91 Å². The number of benzene rings is 2. The molecule has 0 radical (unpaired) electrons. The molecule has 1 aromatic heterocycles. The van der Waals surface area contributed by atoms with Crippen molar-refractivity contribution < 1.29 is 14.6 Å². The normalized spacial score (nSPS) is 11.4. The average Bonchev–Trinajstić information content (AvgIpc) is 2.91. The lowest BCUT2D eigenvalue weighted by Gasteiger charge is -2.08. The maximum atomic E-state index is 12.0. The number of carbonyl (C=O) groups is 1. The first-order chi connectivity index (χ1) is 12.8. The van der Waals surface area contributed by atoms with Crippen molar-refractivity contribution in [1.29, 1.82) is 0 Å². The van der Waals surface area contributed by atoms with Gasteiger partial charge in [-0.2, -0.15) is 0 Å². The van der Waals surface area contributed by atoms with Crippen LogP contribution >= 0.6 is 43.5 Å². The third-order valence-electron chi connectivity index (χ3n) is 3.81. The van der Waals surface area contributed by atoms with Crippen LogP contribution in [0, 0.1) is 13.8 Å². The van der Waals surface area contributed by atoms with Gasteiger partial charge in [-0.3, -0.25) is 4.79 Å². The predicted octanol–water partition coefficient (Wildman–Crippen LogP) is 6.36. The summed E-state index contributed by atoms with van der Waals surface area (Å²) in [6.45, 7) is 3.44. The molecule has 0 unspecified atom stereocenters. The first kappa shape index (κ1) is 19.9. The number of rotatable bonds is 4. The van der Waals surface area contributed by atoms with Gasteiger partial charge < -0.3 is 14.8 Å². The highest BCUT2D eigenvalue weighted by atomic mass is 79.9. The fourth-order valence-corrected chi connectivity index (χ4v) is 4.00. The average molecular weight is 516 g/mol. The van der Waals surface area contributed by atoms with Crippen molar-refractivity contribution in [3.8, 4) is 11.6 Å². The van der Waals surface area contributed by atoms with E-state index in [2.05, 4.69) is 47.1 Å². The highest BCUT2D eigenvalue weighted by Gasteiger charge is 2.14. The molecular formula is C18H14Br2ClN3O3. The summed E-state index contributed by atoms with van der Waals surface area (Å²) in [5.41, 5.74) is 2.56. The molecule has 6 nitrogen and oxygen atoms in total. The molecule has 0 bridgehead atoms. The van der Waals surface area contributed by atoms with Crippen molar-refractivity contribution in [2.75, 3.05) is 6.61 Å². The van der Waals surface area contributed by atoms with Crippen LogP contribution in [0.25, 0.3) is 10.9 Å². The predicted molar refractivity (Wildman–Crippen MR) is 111 cm³/mol. The Balaban J connectivity index is 1.76. The van der Waals surface area contributed by atoms with Crippen LogP contribution in [0.1, 0.15) is 11.1 Å². The number of aromatic nitrogens is 1. The zero-order valence-electron chi connectivity index (χ0n) is 14.3.